The van der Waals surface area contributed by atoms with Crippen LogP contribution in [-0.4, -0.2) is 40.9 Å². The molecule has 0 aromatic heterocycles. The van der Waals surface area contributed by atoms with E-state index in [1.807, 2.05) is 12.1 Å². The van der Waals surface area contributed by atoms with Gasteiger partial charge in [-0.25, -0.2) is 0 Å². The van der Waals surface area contributed by atoms with E-state index in [2.05, 4.69) is 24.8 Å². The Hall–Kier alpha value is -1.06. The minimum Gasteiger partial charge on any atom is -0.508 e. The van der Waals surface area contributed by atoms with Gasteiger partial charge in [0, 0.05) is 13.1 Å². The van der Waals surface area contributed by atoms with E-state index in [1.54, 1.807) is 6.07 Å². The molecule has 3 nitrogen and oxygen atoms in total. The summed E-state index contributed by atoms with van der Waals surface area (Å²) in [6, 6.07) is 7.78. The zero-order chi connectivity index (χ0) is 17.9. The molecule has 1 saturated carbocycles. The molecule has 2 N–H and O–H groups in total. The third kappa shape index (κ3) is 4.38. The largest absolute Gasteiger partial charge is 0.508 e. The minimum absolute atomic E-state index is 0.116. The highest BCUT2D eigenvalue weighted by molar-refractivity contribution is 5.33. The zero-order valence-electron chi connectivity index (χ0n) is 16.0. The maximum absolute atomic E-state index is 10.5. The number of rotatable bonds is 5. The highest BCUT2D eigenvalue weighted by atomic mass is 16.3. The molecule has 1 aliphatic carbocycles. The molecule has 25 heavy (non-hydrogen) atoms. The quantitative estimate of drug-likeness (QED) is 0.835. The summed E-state index contributed by atoms with van der Waals surface area (Å²) in [5, 5.41) is 20.4. The number of nitrogens with zero attached hydrogens (tertiary/aromatic N) is 1. The molecule has 3 heteroatoms. The maximum atomic E-state index is 10.5. The molecule has 0 amide bonds. The second-order valence-corrected chi connectivity index (χ2v) is 8.67. The van der Waals surface area contributed by atoms with Gasteiger partial charge < -0.3 is 15.1 Å². The van der Waals surface area contributed by atoms with Gasteiger partial charge in [-0.3, -0.25) is 0 Å². The summed E-state index contributed by atoms with van der Waals surface area (Å²) >= 11 is 0. The number of phenolic OH excluding ortho intramolecular Hbond substituents is 1. The first-order valence-electron chi connectivity index (χ1n) is 10.2. The molecule has 2 unspecified atom stereocenters. The average molecular weight is 346 g/mol. The summed E-state index contributed by atoms with van der Waals surface area (Å²) in [6.45, 7) is 7.82. The number of phenols is 1. The highest BCUT2D eigenvalue weighted by Gasteiger charge is 2.38. The van der Waals surface area contributed by atoms with E-state index >= 15 is 0 Å². The van der Waals surface area contributed by atoms with E-state index in [9.17, 15) is 10.2 Å². The topological polar surface area (TPSA) is 43.7 Å². The lowest BCUT2D eigenvalue weighted by atomic mass is 9.68. The second-order valence-electron chi connectivity index (χ2n) is 8.67. The molecule has 3 rings (SSSR count). The molecular formula is C22H35NO2. The number of piperidine rings is 1. The van der Waals surface area contributed by atoms with Gasteiger partial charge in [0.2, 0.25) is 0 Å². The van der Waals surface area contributed by atoms with Crippen LogP contribution in [0.25, 0.3) is 0 Å². The standard InChI is InChI=1S/C22H35NO2/c1-17-16-23(13-11-21(25)18-7-4-3-5-8-18)14-12-22(17,2)19-9-6-10-20(24)15-19/h6,9-10,15,17-18,21,24-25H,3-5,7-8,11-14,16H2,1-2H3/t17?,21-,22?/m0/s1. The van der Waals surface area contributed by atoms with Crippen molar-refractivity contribution >= 4 is 0 Å². The lowest BCUT2D eigenvalue weighted by Crippen LogP contribution is -2.48. The van der Waals surface area contributed by atoms with Crippen LogP contribution in [0.3, 0.4) is 0 Å². The van der Waals surface area contributed by atoms with Gasteiger partial charge in [0.05, 0.1) is 6.10 Å². The molecule has 2 fully saturated rings. The number of aliphatic hydroxyl groups excluding tert-OH is 1. The van der Waals surface area contributed by atoms with Crippen molar-refractivity contribution in [1.82, 2.24) is 4.90 Å². The third-order valence-corrected chi connectivity index (χ3v) is 7.01. The Morgan fingerprint density at radius 1 is 1.24 bits per heavy atom. The third-order valence-electron chi connectivity index (χ3n) is 7.01. The summed E-state index contributed by atoms with van der Waals surface area (Å²) in [6.07, 6.45) is 8.28. The molecule has 140 valence electrons. The number of aliphatic hydroxyl groups is 1. The smallest absolute Gasteiger partial charge is 0.115 e. The van der Waals surface area contributed by atoms with Gasteiger partial charge in [-0.2, -0.15) is 0 Å². The first kappa shape index (κ1) is 18.7. The number of aromatic hydroxyl groups is 1. The van der Waals surface area contributed by atoms with E-state index in [0.717, 1.165) is 32.5 Å². The molecule has 1 aliphatic heterocycles. The van der Waals surface area contributed by atoms with Crippen molar-refractivity contribution in [3.63, 3.8) is 0 Å². The molecule has 1 saturated heterocycles. The first-order valence-corrected chi connectivity index (χ1v) is 10.2. The molecule has 0 radical (unpaired) electrons. The van der Waals surface area contributed by atoms with Crippen LogP contribution in [0.15, 0.2) is 24.3 Å². The molecule has 1 aromatic rings. The van der Waals surface area contributed by atoms with Gasteiger partial charge in [0.15, 0.2) is 0 Å². The molecular weight excluding hydrogens is 310 g/mol. The van der Waals surface area contributed by atoms with Crippen LogP contribution in [0.5, 0.6) is 5.75 Å². The fourth-order valence-electron chi connectivity index (χ4n) is 4.88. The Bertz CT molecular complexity index is 555. The Labute approximate surface area is 153 Å². The van der Waals surface area contributed by atoms with Gasteiger partial charge in [-0.05, 0) is 67.2 Å². The zero-order valence-corrected chi connectivity index (χ0v) is 16.0. The van der Waals surface area contributed by atoms with Crippen LogP contribution in [0.2, 0.25) is 0 Å². The molecule has 2 aliphatic rings. The molecule has 0 bridgehead atoms. The second kappa shape index (κ2) is 8.09. The van der Waals surface area contributed by atoms with Crippen molar-refractivity contribution in [3.8, 4) is 5.75 Å². The predicted octanol–water partition coefficient (Wildman–Crippen LogP) is 4.32. The lowest BCUT2D eigenvalue weighted by Gasteiger charge is -2.45. The van der Waals surface area contributed by atoms with Crippen molar-refractivity contribution in [2.24, 2.45) is 11.8 Å². The summed E-state index contributed by atoms with van der Waals surface area (Å²) in [5.41, 5.74) is 1.37. The summed E-state index contributed by atoms with van der Waals surface area (Å²) < 4.78 is 0. The summed E-state index contributed by atoms with van der Waals surface area (Å²) in [5.74, 6) is 1.44. The summed E-state index contributed by atoms with van der Waals surface area (Å²) in [4.78, 5) is 2.53. The van der Waals surface area contributed by atoms with E-state index < -0.39 is 0 Å². The van der Waals surface area contributed by atoms with Crippen LogP contribution in [0.1, 0.15) is 64.4 Å². The average Bonchev–Trinajstić information content (AvgIpc) is 2.63. The number of hydrogen-bond donors (Lipinski definition) is 2. The highest BCUT2D eigenvalue weighted by Crippen LogP contribution is 2.40. The molecule has 1 heterocycles. The van der Waals surface area contributed by atoms with Crippen LogP contribution in [0.4, 0.5) is 0 Å². The molecule has 0 spiro atoms. The number of hydrogen-bond acceptors (Lipinski definition) is 3. The van der Waals surface area contributed by atoms with E-state index in [1.165, 1.54) is 37.7 Å². The maximum Gasteiger partial charge on any atom is 0.115 e. The fraction of sp³-hybridized carbons (Fsp3) is 0.727. The monoisotopic (exact) mass is 345 g/mol. The first-order chi connectivity index (χ1) is 12.0. The minimum atomic E-state index is -0.116. The van der Waals surface area contributed by atoms with E-state index in [4.69, 9.17) is 0 Å². The Kier molecular flexibility index (Phi) is 6.06. The van der Waals surface area contributed by atoms with Crippen LogP contribution < -0.4 is 0 Å². The Morgan fingerprint density at radius 3 is 2.68 bits per heavy atom. The van der Waals surface area contributed by atoms with Crippen LogP contribution in [-0.2, 0) is 5.41 Å². The molecule has 1 aromatic carbocycles. The fourth-order valence-corrected chi connectivity index (χ4v) is 4.88. The van der Waals surface area contributed by atoms with E-state index in [0.29, 0.717) is 17.6 Å². The SMILES string of the molecule is CC1CN(CC[C@H](O)C2CCCCC2)CCC1(C)c1cccc(O)c1. The van der Waals surface area contributed by atoms with Crippen molar-refractivity contribution in [2.75, 3.05) is 19.6 Å². The van der Waals surface area contributed by atoms with Gasteiger partial charge in [0.1, 0.15) is 5.75 Å². The predicted molar refractivity (Wildman–Crippen MR) is 103 cm³/mol. The van der Waals surface area contributed by atoms with Gasteiger partial charge in [0.25, 0.3) is 0 Å². The van der Waals surface area contributed by atoms with E-state index in [-0.39, 0.29) is 11.5 Å². The van der Waals surface area contributed by atoms with Crippen molar-refractivity contribution in [1.29, 1.82) is 0 Å². The van der Waals surface area contributed by atoms with Crippen LogP contribution in [0, 0.1) is 11.8 Å². The van der Waals surface area contributed by atoms with Crippen molar-refractivity contribution < 1.29 is 10.2 Å². The molecule has 3 atom stereocenters. The number of benzene rings is 1. The van der Waals surface area contributed by atoms with Crippen LogP contribution >= 0.6 is 0 Å². The van der Waals surface area contributed by atoms with Gasteiger partial charge in [-0.15, -0.1) is 0 Å². The normalized spacial score (nSPS) is 30.3. The van der Waals surface area contributed by atoms with Gasteiger partial charge in [-0.1, -0.05) is 45.2 Å². The Morgan fingerprint density at radius 2 is 2.00 bits per heavy atom. The number of likely N-dealkylation sites (tertiary alicyclic amines) is 1. The summed E-state index contributed by atoms with van der Waals surface area (Å²) in [7, 11) is 0. The van der Waals surface area contributed by atoms with Crippen molar-refractivity contribution in [2.45, 2.75) is 70.3 Å². The lowest BCUT2D eigenvalue weighted by molar-refractivity contribution is 0.0502. The van der Waals surface area contributed by atoms with Gasteiger partial charge >= 0.3 is 0 Å². The van der Waals surface area contributed by atoms with Crippen molar-refractivity contribution in [3.05, 3.63) is 29.8 Å². The Balaban J connectivity index is 1.53.